The van der Waals surface area contributed by atoms with Gasteiger partial charge in [-0.1, -0.05) is 0 Å². The molecule has 0 spiro atoms. The third-order valence-corrected chi connectivity index (χ3v) is 4.80. The number of benzene rings is 2. The lowest BCUT2D eigenvalue weighted by molar-refractivity contribution is -0.385. The number of nitrogens with zero attached hydrogens (tertiary/aromatic N) is 1. The van der Waals surface area contributed by atoms with E-state index in [1.807, 2.05) is 0 Å². The average molecular weight is 454 g/mol. The maximum Gasteiger partial charge on any atom is 0.338 e. The molecule has 0 amide bonds. The number of carbonyl (C=O) groups excluding carboxylic acids is 1. The lowest BCUT2D eigenvalue weighted by Crippen LogP contribution is -2.15. The Morgan fingerprint density at radius 2 is 1.89 bits per heavy atom. The molecule has 0 N–H and O–H groups in total. The number of halogens is 1. The van der Waals surface area contributed by atoms with Crippen LogP contribution in [0.5, 0.6) is 17.2 Å². The van der Waals surface area contributed by atoms with Gasteiger partial charge in [0.05, 0.1) is 31.3 Å². The summed E-state index contributed by atoms with van der Waals surface area (Å²) < 4.78 is 26.9. The summed E-state index contributed by atoms with van der Waals surface area (Å²) >= 11 is 3.33. The Kier molecular flexibility index (Phi) is 6.00. The van der Waals surface area contributed by atoms with Crippen molar-refractivity contribution < 1.29 is 33.4 Å². The van der Waals surface area contributed by atoms with E-state index in [-0.39, 0.29) is 31.3 Å². The average Bonchev–Trinajstić information content (AvgIpc) is 2.71. The number of hydrogen-bond donors (Lipinski definition) is 0. The van der Waals surface area contributed by atoms with Crippen molar-refractivity contribution in [2.24, 2.45) is 0 Å². The predicted molar refractivity (Wildman–Crippen MR) is 99.7 cm³/mol. The zero-order valence-corrected chi connectivity index (χ0v) is 16.6. The van der Waals surface area contributed by atoms with Crippen molar-refractivity contribution in [2.45, 2.75) is 13.2 Å². The van der Waals surface area contributed by atoms with Crippen molar-refractivity contribution in [1.29, 1.82) is 0 Å². The molecule has 1 aliphatic rings. The number of fused-ring (bicyclic) bond motifs is 1. The highest BCUT2D eigenvalue weighted by Crippen LogP contribution is 2.36. The molecule has 10 heteroatoms. The summed E-state index contributed by atoms with van der Waals surface area (Å²) in [5.41, 5.74) is 0.988. The first kappa shape index (κ1) is 19.9. The summed E-state index contributed by atoms with van der Waals surface area (Å²) in [7, 11) is 2.92. The Bertz CT molecular complexity index is 905. The van der Waals surface area contributed by atoms with Crippen LogP contribution >= 0.6 is 15.9 Å². The number of nitro groups is 1. The van der Waals surface area contributed by atoms with Crippen LogP contribution in [0.4, 0.5) is 5.69 Å². The topological polar surface area (TPSA) is 106 Å². The molecule has 0 aliphatic carbocycles. The zero-order valence-electron chi connectivity index (χ0n) is 15.0. The van der Waals surface area contributed by atoms with E-state index >= 15 is 0 Å². The highest BCUT2D eigenvalue weighted by molar-refractivity contribution is 9.10. The van der Waals surface area contributed by atoms with Gasteiger partial charge in [-0.2, -0.15) is 0 Å². The standard InChI is InChI=1S/C18H16BrNO8/c1-24-14-5-10(6-15(25-2)16(14)19)18(21)27-8-12-4-13(20(22)23)3-11-7-26-9-28-17(11)12/h3-6H,7-9H2,1-2H3. The fourth-order valence-electron chi connectivity index (χ4n) is 2.71. The molecular weight excluding hydrogens is 438 g/mol. The van der Waals surface area contributed by atoms with Gasteiger partial charge < -0.3 is 23.7 Å². The highest BCUT2D eigenvalue weighted by atomic mass is 79.9. The van der Waals surface area contributed by atoms with Gasteiger partial charge in [-0.05, 0) is 28.1 Å². The minimum absolute atomic E-state index is 0.0207. The largest absolute Gasteiger partial charge is 0.495 e. The predicted octanol–water partition coefficient (Wildman–Crippen LogP) is 3.60. The summed E-state index contributed by atoms with van der Waals surface area (Å²) in [5, 5.41) is 11.2. The van der Waals surface area contributed by atoms with Crippen molar-refractivity contribution in [1.82, 2.24) is 0 Å². The van der Waals surface area contributed by atoms with Crippen molar-refractivity contribution >= 4 is 27.6 Å². The summed E-state index contributed by atoms with van der Waals surface area (Å²) in [6, 6.07) is 5.70. The van der Waals surface area contributed by atoms with Crippen molar-refractivity contribution in [3.05, 3.63) is 55.5 Å². The van der Waals surface area contributed by atoms with Crippen molar-refractivity contribution in [2.75, 3.05) is 21.0 Å². The maximum absolute atomic E-state index is 12.5. The van der Waals surface area contributed by atoms with E-state index in [0.29, 0.717) is 32.8 Å². The molecule has 9 nitrogen and oxygen atoms in total. The van der Waals surface area contributed by atoms with Crippen LogP contribution in [0.2, 0.25) is 0 Å². The number of methoxy groups -OCH3 is 2. The minimum atomic E-state index is -0.642. The van der Waals surface area contributed by atoms with Crippen LogP contribution in [0.3, 0.4) is 0 Å². The molecule has 3 rings (SSSR count). The molecule has 0 radical (unpaired) electrons. The quantitative estimate of drug-likeness (QED) is 0.370. The van der Waals surface area contributed by atoms with Gasteiger partial charge >= 0.3 is 5.97 Å². The number of esters is 1. The monoisotopic (exact) mass is 453 g/mol. The first-order chi connectivity index (χ1) is 13.4. The summed E-state index contributed by atoms with van der Waals surface area (Å²) in [6.45, 7) is -0.00449. The molecule has 0 saturated carbocycles. The molecule has 148 valence electrons. The molecule has 0 unspecified atom stereocenters. The fraction of sp³-hybridized carbons (Fsp3) is 0.278. The van der Waals surface area contributed by atoms with Gasteiger partial charge in [-0.3, -0.25) is 10.1 Å². The van der Waals surface area contributed by atoms with Crippen LogP contribution in [0, 0.1) is 10.1 Å². The van der Waals surface area contributed by atoms with Crippen LogP contribution in [-0.4, -0.2) is 31.9 Å². The molecular formula is C18H16BrNO8. The van der Waals surface area contributed by atoms with E-state index < -0.39 is 10.9 Å². The maximum atomic E-state index is 12.5. The van der Waals surface area contributed by atoms with Gasteiger partial charge in [0.25, 0.3) is 5.69 Å². The van der Waals surface area contributed by atoms with E-state index in [1.54, 1.807) is 0 Å². The first-order valence-corrected chi connectivity index (χ1v) is 8.83. The van der Waals surface area contributed by atoms with Gasteiger partial charge in [0, 0.05) is 23.3 Å². The molecule has 0 saturated heterocycles. The fourth-order valence-corrected chi connectivity index (χ4v) is 3.26. The van der Waals surface area contributed by atoms with Crippen LogP contribution in [0.15, 0.2) is 28.7 Å². The van der Waals surface area contributed by atoms with E-state index in [0.717, 1.165) is 0 Å². The van der Waals surface area contributed by atoms with Gasteiger partial charge in [0.15, 0.2) is 6.79 Å². The molecule has 1 heterocycles. The number of nitro benzene ring substituents is 1. The molecule has 0 bridgehead atoms. The Morgan fingerprint density at radius 1 is 1.21 bits per heavy atom. The Morgan fingerprint density at radius 3 is 2.50 bits per heavy atom. The molecule has 0 atom stereocenters. The second kappa shape index (κ2) is 8.44. The van der Waals surface area contributed by atoms with Gasteiger partial charge in [-0.15, -0.1) is 0 Å². The van der Waals surface area contributed by atoms with E-state index in [2.05, 4.69) is 15.9 Å². The Labute approximate surface area is 168 Å². The second-order valence-electron chi connectivity index (χ2n) is 5.73. The normalized spacial score (nSPS) is 12.5. The Hall–Kier alpha value is -2.85. The Balaban J connectivity index is 1.85. The molecule has 0 aromatic heterocycles. The number of hydrogen-bond acceptors (Lipinski definition) is 8. The van der Waals surface area contributed by atoms with E-state index in [4.69, 9.17) is 23.7 Å². The SMILES string of the molecule is COc1cc(C(=O)OCc2cc([N+](=O)[O-])cc3c2OCOC3)cc(OC)c1Br. The number of carbonyl (C=O) groups is 1. The lowest BCUT2D eigenvalue weighted by atomic mass is 10.1. The zero-order chi connectivity index (χ0) is 20.3. The molecule has 2 aromatic rings. The summed E-state index contributed by atoms with van der Waals surface area (Å²) in [6.07, 6.45) is 0. The van der Waals surface area contributed by atoms with Crippen LogP contribution in [-0.2, 0) is 22.7 Å². The third kappa shape index (κ3) is 4.02. The van der Waals surface area contributed by atoms with Crippen molar-refractivity contribution in [3.63, 3.8) is 0 Å². The van der Waals surface area contributed by atoms with Gasteiger partial charge in [0.1, 0.15) is 28.3 Å². The highest BCUT2D eigenvalue weighted by Gasteiger charge is 2.22. The van der Waals surface area contributed by atoms with E-state index in [9.17, 15) is 14.9 Å². The minimum Gasteiger partial charge on any atom is -0.495 e. The summed E-state index contributed by atoms with van der Waals surface area (Å²) in [5.74, 6) is 0.589. The van der Waals surface area contributed by atoms with E-state index in [1.165, 1.54) is 38.5 Å². The summed E-state index contributed by atoms with van der Waals surface area (Å²) in [4.78, 5) is 23.1. The molecule has 28 heavy (non-hydrogen) atoms. The molecule has 0 fully saturated rings. The third-order valence-electron chi connectivity index (χ3n) is 4.02. The second-order valence-corrected chi connectivity index (χ2v) is 6.52. The number of non-ortho nitro benzene ring substituents is 1. The number of rotatable bonds is 6. The molecule has 2 aromatic carbocycles. The van der Waals surface area contributed by atoms with Crippen molar-refractivity contribution in [3.8, 4) is 17.2 Å². The van der Waals surface area contributed by atoms with Crippen LogP contribution in [0.25, 0.3) is 0 Å². The smallest absolute Gasteiger partial charge is 0.338 e. The van der Waals surface area contributed by atoms with Crippen LogP contribution in [0.1, 0.15) is 21.5 Å². The first-order valence-electron chi connectivity index (χ1n) is 8.04. The lowest BCUT2D eigenvalue weighted by Gasteiger charge is -2.20. The van der Waals surface area contributed by atoms with Gasteiger partial charge in [0.2, 0.25) is 0 Å². The van der Waals surface area contributed by atoms with Crippen LogP contribution < -0.4 is 14.2 Å². The van der Waals surface area contributed by atoms with Gasteiger partial charge in [-0.25, -0.2) is 4.79 Å². The molecule has 1 aliphatic heterocycles. The number of ether oxygens (including phenoxy) is 5.